The number of hydrogen-bond donors (Lipinski definition) is 8. The van der Waals surface area contributed by atoms with E-state index in [-0.39, 0.29) is 94.3 Å². The Morgan fingerprint density at radius 1 is 0.441 bits per heavy atom. The van der Waals surface area contributed by atoms with Gasteiger partial charge < -0.3 is 68.3 Å². The van der Waals surface area contributed by atoms with Crippen molar-refractivity contribution in [1.29, 1.82) is 0 Å². The van der Waals surface area contributed by atoms with Crippen LogP contribution in [0, 0.1) is 0 Å². The molecule has 0 radical (unpaired) electrons. The molecule has 0 saturated carbocycles. The molecule has 0 unspecified atom stereocenters. The van der Waals surface area contributed by atoms with E-state index in [2.05, 4.69) is 15.0 Å². The second-order valence-electron chi connectivity index (χ2n) is 24.9. The third-order valence-corrected chi connectivity index (χ3v) is 16.2. The number of nitrogens with zero attached hydrogens (tertiary/aromatic N) is 7. The van der Waals surface area contributed by atoms with Gasteiger partial charge in [0.05, 0.1) is 49.4 Å². The predicted molar refractivity (Wildman–Crippen MR) is 401 cm³/mol. The lowest BCUT2D eigenvalue weighted by atomic mass is 9.99. The number of carboxylic acid groups (broad SMARTS) is 2. The number of amides is 5. The summed E-state index contributed by atoms with van der Waals surface area (Å²) in [7, 11) is 3.86. The molecule has 5 amide bonds. The van der Waals surface area contributed by atoms with E-state index in [1.165, 1.54) is 9.80 Å². The molecule has 24 nitrogen and oxygen atoms in total. The number of carbonyl (C=O) groups is 8. The molecule has 3 aliphatic rings. The number of amidine groups is 3. The van der Waals surface area contributed by atoms with Crippen LogP contribution >= 0.6 is 12.4 Å². The second-order valence-corrected chi connectivity index (χ2v) is 24.9. The number of primary amides is 2. The number of likely N-dealkylation sites (N-methyl/N-ethyl adjacent to an activating group) is 1. The molecule has 0 spiro atoms. The van der Waals surface area contributed by atoms with Crippen LogP contribution in [0.25, 0.3) is 51.6 Å². The molecule has 3 heterocycles. The van der Waals surface area contributed by atoms with E-state index >= 15 is 0 Å². The van der Waals surface area contributed by atoms with Crippen molar-refractivity contribution in [2.24, 2.45) is 43.6 Å². The highest BCUT2D eigenvalue weighted by molar-refractivity contribution is 6.08. The average Bonchev–Trinajstić information content (AvgIpc) is 1.58. The quantitative estimate of drug-likeness (QED) is 0.0213. The third-order valence-electron chi connectivity index (χ3n) is 16.2. The zero-order valence-electron chi connectivity index (χ0n) is 58.2. The SMILES string of the molecule is CCCN(CC(N)=O)C(=O)C1=Cc2ccc(-c3ccc(CC(=O)O)cc3)cc2N=C(N)C1.CCCN(CC(N)=O)C(=O)C1=Cc2ccc(-c3ccc(CC(=O)OCCN(C)C)cc3)cc2N=C(N)C1.CCCN(CCCO)C(=O)C1=Cc2ccc(-c3ccc(CC(=O)O)cc3)cc2N=C(N)C1.Cl. The number of carboxylic acids is 2. The number of carbonyl (C=O) groups excluding carboxylic acids is 6. The summed E-state index contributed by atoms with van der Waals surface area (Å²) in [5, 5.41) is 27.0. The van der Waals surface area contributed by atoms with Gasteiger partial charge in [0.1, 0.15) is 24.1 Å². The maximum Gasteiger partial charge on any atom is 0.310 e. The molecule has 0 saturated heterocycles. The molecule has 25 heteroatoms. The van der Waals surface area contributed by atoms with Crippen LogP contribution < -0.4 is 28.7 Å². The zero-order valence-corrected chi connectivity index (χ0v) is 59.0. The Labute approximate surface area is 600 Å². The van der Waals surface area contributed by atoms with Gasteiger partial charge in [-0.05, 0) is 126 Å². The van der Waals surface area contributed by atoms with E-state index in [4.69, 9.17) is 48.7 Å². The van der Waals surface area contributed by atoms with Gasteiger partial charge in [0.25, 0.3) is 11.8 Å². The number of aliphatic hydroxyl groups excluding tert-OH is 1. The van der Waals surface area contributed by atoms with Crippen molar-refractivity contribution in [1.82, 2.24) is 19.6 Å². The molecule has 0 aromatic heterocycles. The second kappa shape index (κ2) is 39.1. The first-order valence-electron chi connectivity index (χ1n) is 33.4. The largest absolute Gasteiger partial charge is 0.481 e. The number of rotatable bonds is 28. The molecule has 9 rings (SSSR count). The summed E-state index contributed by atoms with van der Waals surface area (Å²) in [6.07, 6.45) is 8.94. The molecule has 0 bridgehead atoms. The number of aliphatic imine (C=N–C) groups is 3. The van der Waals surface area contributed by atoms with E-state index in [9.17, 15) is 38.4 Å². The van der Waals surface area contributed by atoms with Crippen LogP contribution in [0.15, 0.2) is 159 Å². The molecular formula is C77H91ClN12O12. The first-order chi connectivity index (χ1) is 48.3. The van der Waals surface area contributed by atoms with Crippen LogP contribution in [0.5, 0.6) is 0 Å². The smallest absolute Gasteiger partial charge is 0.310 e. The number of hydrogen-bond acceptors (Lipinski definition) is 17. The molecule has 3 aliphatic heterocycles. The topological polar surface area (TPSA) is 387 Å². The highest BCUT2D eigenvalue weighted by atomic mass is 35.5. The van der Waals surface area contributed by atoms with Gasteiger partial charge in [0.15, 0.2) is 0 Å². The van der Waals surface area contributed by atoms with Gasteiger partial charge >= 0.3 is 17.9 Å². The van der Waals surface area contributed by atoms with Crippen LogP contribution in [-0.4, -0.2) is 173 Å². The van der Waals surface area contributed by atoms with Crippen molar-refractivity contribution >= 4 is 113 Å². The van der Waals surface area contributed by atoms with Crippen LogP contribution in [0.4, 0.5) is 17.1 Å². The molecule has 0 aliphatic carbocycles. The minimum absolute atomic E-state index is 0. The van der Waals surface area contributed by atoms with E-state index < -0.39 is 23.8 Å². The molecule has 6 aromatic carbocycles. The van der Waals surface area contributed by atoms with Crippen molar-refractivity contribution in [3.8, 4) is 33.4 Å². The highest BCUT2D eigenvalue weighted by Gasteiger charge is 2.26. The zero-order chi connectivity index (χ0) is 73.3. The number of ether oxygens (including phenoxy) is 1. The van der Waals surface area contributed by atoms with Gasteiger partial charge in [-0.15, -0.1) is 12.4 Å². The van der Waals surface area contributed by atoms with E-state index in [1.54, 1.807) is 41.3 Å². The molecule has 13 N–H and O–H groups in total. The number of halogens is 1. The van der Waals surface area contributed by atoms with Crippen molar-refractivity contribution in [2.45, 2.75) is 85.0 Å². The number of esters is 1. The van der Waals surface area contributed by atoms with Gasteiger partial charge in [-0.25, -0.2) is 15.0 Å². The fourth-order valence-electron chi connectivity index (χ4n) is 11.4. The van der Waals surface area contributed by atoms with Gasteiger partial charge in [0.2, 0.25) is 17.7 Å². The molecule has 6 aromatic rings. The molecule has 102 heavy (non-hydrogen) atoms. The fraction of sp³-hybridized carbons (Fsp3) is 0.312. The monoisotopic (exact) mass is 1410 g/mol. The maximum absolute atomic E-state index is 13.1. The van der Waals surface area contributed by atoms with Gasteiger partial charge in [-0.1, -0.05) is 130 Å². The summed E-state index contributed by atoms with van der Waals surface area (Å²) in [5.74, 6) is -2.77. The number of aliphatic carboxylic acids is 2. The summed E-state index contributed by atoms with van der Waals surface area (Å²) in [4.78, 5) is 116. The number of aliphatic hydroxyl groups is 1. The summed E-state index contributed by atoms with van der Waals surface area (Å²) < 4.78 is 5.27. The summed E-state index contributed by atoms with van der Waals surface area (Å²) >= 11 is 0. The lowest BCUT2D eigenvalue weighted by Crippen LogP contribution is -2.40. The Bertz CT molecular complexity index is 4200. The standard InChI is InChI=1S/C28H35N5O4.C25H29N3O4.C24H26N4O4.ClH/c1-4-11-33(18-26(30)34)28(36)23-15-22-10-9-21(16-24(22)31-25(29)17-23)20-7-5-19(6-8-20)14-27(35)37-13-12-32(2)3;1-2-10-28(11-3-12-29)25(32)21-14-20-9-8-19(15-22(20)27-23(26)16-21)18-6-4-17(5-7-18)13-24(30)31;1-2-9-28(14-22(26)29)24(32)19-11-18-8-7-17(12-20(18)27-21(25)13-19)16-5-3-15(4-6-16)10-23(30)31;/h5-10,15-16H,4,11-14,17-18H2,1-3H3,(H2,29,31)(H2,30,34);4-9,14-15,29H,2-3,10-13,16H2,1H3,(H2,26,27)(H,30,31);3-8,11-12H,2,9-10,13-14H2,1H3,(H2,25,27)(H2,26,29)(H,30,31);1H. The third kappa shape index (κ3) is 24.1. The number of fused-ring (bicyclic) bond motifs is 3. The van der Waals surface area contributed by atoms with Crippen molar-refractivity contribution in [3.63, 3.8) is 0 Å². The Hall–Kier alpha value is -11.1. The molecule has 0 atom stereocenters. The summed E-state index contributed by atoms with van der Waals surface area (Å²) in [6, 6.07) is 39.6. The highest BCUT2D eigenvalue weighted by Crippen LogP contribution is 2.36. The summed E-state index contributed by atoms with van der Waals surface area (Å²) in [5.41, 5.74) is 42.7. The Morgan fingerprint density at radius 3 is 1.06 bits per heavy atom. The summed E-state index contributed by atoms with van der Waals surface area (Å²) in [6.45, 7) is 8.63. The van der Waals surface area contributed by atoms with Crippen molar-refractivity contribution < 1.29 is 58.4 Å². The van der Waals surface area contributed by atoms with Crippen LogP contribution in [0.2, 0.25) is 0 Å². The van der Waals surface area contributed by atoms with Crippen LogP contribution in [0.1, 0.15) is 99.1 Å². The van der Waals surface area contributed by atoms with E-state index in [1.807, 2.05) is 149 Å². The van der Waals surface area contributed by atoms with E-state index in [0.717, 1.165) is 73.2 Å². The maximum atomic E-state index is 13.1. The van der Waals surface area contributed by atoms with Gasteiger partial charge in [0, 0.05) is 92.0 Å². The Balaban J connectivity index is 0.000000240. The van der Waals surface area contributed by atoms with Gasteiger partial charge in [-0.2, -0.15) is 0 Å². The van der Waals surface area contributed by atoms with E-state index in [0.29, 0.717) is 110 Å². The Kier molecular flexibility index (Phi) is 30.6. The first-order valence-corrected chi connectivity index (χ1v) is 33.4. The Morgan fingerprint density at radius 2 is 0.755 bits per heavy atom. The minimum Gasteiger partial charge on any atom is -0.481 e. The predicted octanol–water partition coefficient (Wildman–Crippen LogP) is 8.78. The van der Waals surface area contributed by atoms with Gasteiger partial charge in [-0.3, -0.25) is 38.4 Å². The molecule has 538 valence electrons. The van der Waals surface area contributed by atoms with Crippen molar-refractivity contribution in [3.05, 3.63) is 177 Å². The van der Waals surface area contributed by atoms with Crippen molar-refractivity contribution in [2.75, 3.05) is 73.1 Å². The molecular weight excluding hydrogens is 1320 g/mol. The lowest BCUT2D eigenvalue weighted by Gasteiger charge is -2.23. The first kappa shape index (κ1) is 79.9. The fourth-order valence-corrected chi connectivity index (χ4v) is 11.4. The van der Waals surface area contributed by atoms with Crippen LogP contribution in [-0.2, 0) is 62.4 Å². The molecule has 0 fully saturated rings. The van der Waals surface area contributed by atoms with Crippen LogP contribution in [0.3, 0.4) is 0 Å². The number of nitrogens with two attached hydrogens (primary N) is 5. The lowest BCUT2D eigenvalue weighted by molar-refractivity contribution is -0.143. The number of benzene rings is 6. The normalized spacial score (nSPS) is 12.7. The minimum atomic E-state index is -0.877. The average molecular weight is 1410 g/mol.